The van der Waals surface area contributed by atoms with Crippen LogP contribution in [0.1, 0.15) is 20.8 Å². The van der Waals surface area contributed by atoms with E-state index in [0.717, 1.165) is 12.3 Å². The lowest BCUT2D eigenvalue weighted by Crippen LogP contribution is -2.33. The molecule has 14 heavy (non-hydrogen) atoms. The molecule has 2 nitrogen and oxygen atoms in total. The van der Waals surface area contributed by atoms with Crippen LogP contribution in [0.4, 0.5) is 0 Å². The Kier molecular flexibility index (Phi) is 4.47. The van der Waals surface area contributed by atoms with Crippen molar-refractivity contribution in [3.05, 3.63) is 30.3 Å². The average Bonchev–Trinajstić information content (AvgIpc) is 2.16. The molecule has 0 aromatic heterocycles. The molecular weight excluding hydrogens is 174 g/mol. The largest absolute Gasteiger partial charge is 0.489 e. The predicted molar refractivity (Wildman–Crippen MR) is 59.7 cm³/mol. The molecular formula is C12H19NO. The predicted octanol–water partition coefficient (Wildman–Crippen LogP) is 2.45. The van der Waals surface area contributed by atoms with Crippen LogP contribution in [0.15, 0.2) is 30.3 Å². The van der Waals surface area contributed by atoms with Gasteiger partial charge in [-0.3, -0.25) is 0 Å². The van der Waals surface area contributed by atoms with E-state index in [-0.39, 0.29) is 6.10 Å². The Bertz CT molecular complexity index is 246. The first-order chi connectivity index (χ1) is 6.68. The monoisotopic (exact) mass is 193 g/mol. The van der Waals surface area contributed by atoms with Crippen LogP contribution >= 0.6 is 0 Å². The third-order valence-corrected chi connectivity index (χ3v) is 1.89. The number of hydrogen-bond donors (Lipinski definition) is 1. The first-order valence-corrected chi connectivity index (χ1v) is 5.13. The quantitative estimate of drug-likeness (QED) is 0.775. The van der Waals surface area contributed by atoms with Crippen molar-refractivity contribution >= 4 is 0 Å². The number of ether oxygens (including phenoxy) is 1. The fourth-order valence-corrected chi connectivity index (χ4v) is 1.17. The summed E-state index contributed by atoms with van der Waals surface area (Å²) >= 11 is 0. The lowest BCUT2D eigenvalue weighted by molar-refractivity contribution is 0.213. The summed E-state index contributed by atoms with van der Waals surface area (Å²) in [6, 6.07) is 10.4. The van der Waals surface area contributed by atoms with Crippen LogP contribution in [-0.2, 0) is 0 Å². The highest BCUT2D eigenvalue weighted by molar-refractivity contribution is 5.21. The molecule has 0 heterocycles. The molecule has 0 amide bonds. The van der Waals surface area contributed by atoms with Gasteiger partial charge in [0, 0.05) is 12.6 Å². The average molecular weight is 193 g/mol. The Morgan fingerprint density at radius 2 is 1.79 bits per heavy atom. The number of nitrogens with one attached hydrogen (secondary N) is 1. The lowest BCUT2D eigenvalue weighted by atomic mass is 10.3. The fraction of sp³-hybridized carbons (Fsp3) is 0.500. The Morgan fingerprint density at radius 3 is 2.36 bits per heavy atom. The van der Waals surface area contributed by atoms with Crippen LogP contribution in [0.3, 0.4) is 0 Å². The smallest absolute Gasteiger partial charge is 0.119 e. The molecule has 0 bridgehead atoms. The first kappa shape index (κ1) is 11.1. The molecule has 1 rings (SSSR count). The summed E-state index contributed by atoms with van der Waals surface area (Å²) < 4.78 is 5.70. The second-order valence-corrected chi connectivity index (χ2v) is 3.80. The van der Waals surface area contributed by atoms with E-state index >= 15 is 0 Å². The van der Waals surface area contributed by atoms with E-state index in [1.165, 1.54) is 0 Å². The van der Waals surface area contributed by atoms with Crippen molar-refractivity contribution in [1.29, 1.82) is 0 Å². The van der Waals surface area contributed by atoms with Gasteiger partial charge in [0.15, 0.2) is 0 Å². The van der Waals surface area contributed by atoms with Gasteiger partial charge in [0.2, 0.25) is 0 Å². The van der Waals surface area contributed by atoms with E-state index in [9.17, 15) is 0 Å². The molecule has 0 saturated carbocycles. The summed E-state index contributed by atoms with van der Waals surface area (Å²) in [5.41, 5.74) is 0. The van der Waals surface area contributed by atoms with Gasteiger partial charge >= 0.3 is 0 Å². The SMILES string of the molecule is CC(C)NCC(C)Oc1ccccc1. The Hall–Kier alpha value is -1.02. The number of rotatable bonds is 5. The molecule has 0 spiro atoms. The van der Waals surface area contributed by atoms with Crippen LogP contribution in [0, 0.1) is 0 Å². The van der Waals surface area contributed by atoms with E-state index in [2.05, 4.69) is 26.1 Å². The molecule has 2 heteroatoms. The van der Waals surface area contributed by atoms with Gasteiger partial charge in [0.1, 0.15) is 11.9 Å². The van der Waals surface area contributed by atoms with Gasteiger partial charge in [-0.1, -0.05) is 32.0 Å². The van der Waals surface area contributed by atoms with Gasteiger partial charge in [-0.05, 0) is 19.1 Å². The number of para-hydroxylation sites is 1. The van der Waals surface area contributed by atoms with Gasteiger partial charge in [-0.2, -0.15) is 0 Å². The minimum atomic E-state index is 0.208. The van der Waals surface area contributed by atoms with Crippen molar-refractivity contribution in [2.75, 3.05) is 6.54 Å². The van der Waals surface area contributed by atoms with Crippen LogP contribution in [0.2, 0.25) is 0 Å². The van der Waals surface area contributed by atoms with Crippen molar-refractivity contribution in [3.8, 4) is 5.75 Å². The zero-order valence-electron chi connectivity index (χ0n) is 9.16. The molecule has 0 fully saturated rings. The third kappa shape index (κ3) is 4.28. The maximum atomic E-state index is 5.70. The van der Waals surface area contributed by atoms with E-state index in [4.69, 9.17) is 4.74 Å². The van der Waals surface area contributed by atoms with Gasteiger partial charge in [-0.25, -0.2) is 0 Å². The lowest BCUT2D eigenvalue weighted by Gasteiger charge is -2.16. The summed E-state index contributed by atoms with van der Waals surface area (Å²) in [5.74, 6) is 0.936. The second kappa shape index (κ2) is 5.66. The summed E-state index contributed by atoms with van der Waals surface area (Å²) in [6.45, 7) is 7.22. The maximum Gasteiger partial charge on any atom is 0.119 e. The highest BCUT2D eigenvalue weighted by Crippen LogP contribution is 2.10. The number of benzene rings is 1. The van der Waals surface area contributed by atoms with E-state index in [1.807, 2.05) is 30.3 Å². The number of hydrogen-bond acceptors (Lipinski definition) is 2. The Balaban J connectivity index is 2.30. The summed E-state index contributed by atoms with van der Waals surface area (Å²) in [7, 11) is 0. The maximum absolute atomic E-state index is 5.70. The molecule has 78 valence electrons. The molecule has 1 atom stereocenters. The van der Waals surface area contributed by atoms with E-state index in [0.29, 0.717) is 6.04 Å². The van der Waals surface area contributed by atoms with Crippen molar-refractivity contribution in [2.45, 2.75) is 32.9 Å². The van der Waals surface area contributed by atoms with Gasteiger partial charge in [-0.15, -0.1) is 0 Å². The Labute approximate surface area is 86.3 Å². The van der Waals surface area contributed by atoms with Gasteiger partial charge in [0.05, 0.1) is 0 Å². The Morgan fingerprint density at radius 1 is 1.14 bits per heavy atom. The van der Waals surface area contributed by atoms with Gasteiger partial charge < -0.3 is 10.1 Å². The summed E-state index contributed by atoms with van der Waals surface area (Å²) in [6.07, 6.45) is 0.208. The molecule has 0 aliphatic rings. The fourth-order valence-electron chi connectivity index (χ4n) is 1.17. The van der Waals surface area contributed by atoms with E-state index < -0.39 is 0 Å². The van der Waals surface area contributed by atoms with Crippen molar-refractivity contribution in [3.63, 3.8) is 0 Å². The summed E-state index contributed by atoms with van der Waals surface area (Å²) in [5, 5.41) is 3.34. The molecule has 0 aliphatic heterocycles. The van der Waals surface area contributed by atoms with Crippen molar-refractivity contribution < 1.29 is 4.74 Å². The van der Waals surface area contributed by atoms with Crippen molar-refractivity contribution in [2.24, 2.45) is 0 Å². The van der Waals surface area contributed by atoms with Gasteiger partial charge in [0.25, 0.3) is 0 Å². The van der Waals surface area contributed by atoms with Crippen LogP contribution in [0.5, 0.6) is 5.75 Å². The minimum Gasteiger partial charge on any atom is -0.489 e. The molecule has 0 aliphatic carbocycles. The molecule has 0 radical (unpaired) electrons. The highest BCUT2D eigenvalue weighted by atomic mass is 16.5. The molecule has 0 saturated heterocycles. The van der Waals surface area contributed by atoms with Crippen LogP contribution in [-0.4, -0.2) is 18.7 Å². The normalized spacial score (nSPS) is 12.9. The zero-order chi connectivity index (χ0) is 10.4. The van der Waals surface area contributed by atoms with Crippen molar-refractivity contribution in [1.82, 2.24) is 5.32 Å². The van der Waals surface area contributed by atoms with Crippen LogP contribution in [0.25, 0.3) is 0 Å². The standard InChI is InChI=1S/C12H19NO/c1-10(2)13-9-11(3)14-12-7-5-4-6-8-12/h4-8,10-11,13H,9H2,1-3H3. The zero-order valence-corrected chi connectivity index (χ0v) is 9.16. The molecule has 1 N–H and O–H groups in total. The van der Waals surface area contributed by atoms with E-state index in [1.54, 1.807) is 0 Å². The summed E-state index contributed by atoms with van der Waals surface area (Å²) in [4.78, 5) is 0. The molecule has 1 aromatic rings. The minimum absolute atomic E-state index is 0.208. The highest BCUT2D eigenvalue weighted by Gasteiger charge is 2.03. The molecule has 1 aromatic carbocycles. The molecule has 1 unspecified atom stereocenters. The second-order valence-electron chi connectivity index (χ2n) is 3.80. The topological polar surface area (TPSA) is 21.3 Å². The first-order valence-electron chi connectivity index (χ1n) is 5.13. The third-order valence-electron chi connectivity index (χ3n) is 1.89. The van der Waals surface area contributed by atoms with Crippen LogP contribution < -0.4 is 10.1 Å².